The number of rotatable bonds is 4. The number of nitrogens with zero attached hydrogens (tertiary/aromatic N) is 2. The molecule has 0 spiro atoms. The van der Waals surface area contributed by atoms with Crippen molar-refractivity contribution in [2.24, 2.45) is 5.92 Å². The van der Waals surface area contributed by atoms with Crippen molar-refractivity contribution in [2.45, 2.75) is 43.7 Å². The second-order valence-corrected chi connectivity index (χ2v) is 7.87. The molecule has 128 valence electrons. The van der Waals surface area contributed by atoms with Gasteiger partial charge >= 0.3 is 6.03 Å². The number of amides is 3. The van der Waals surface area contributed by atoms with E-state index in [1.165, 1.54) is 24.5 Å². The van der Waals surface area contributed by atoms with Crippen molar-refractivity contribution >= 4 is 45.3 Å². The summed E-state index contributed by atoms with van der Waals surface area (Å²) in [5.41, 5.74) is 0.877. The Morgan fingerprint density at radius 2 is 2.17 bits per heavy atom. The molecule has 1 aliphatic rings. The Balaban J connectivity index is 1.48. The van der Waals surface area contributed by atoms with Crippen LogP contribution in [0.25, 0.3) is 10.2 Å². The topological polar surface area (TPSA) is 84.0 Å². The van der Waals surface area contributed by atoms with E-state index in [0.717, 1.165) is 34.5 Å². The van der Waals surface area contributed by atoms with Crippen LogP contribution in [-0.4, -0.2) is 33.7 Å². The quantitative estimate of drug-likeness (QED) is 0.643. The predicted octanol–water partition coefficient (Wildman–Crippen LogP) is 3.19. The van der Waals surface area contributed by atoms with Gasteiger partial charge in [0.2, 0.25) is 5.91 Å². The van der Waals surface area contributed by atoms with Gasteiger partial charge < -0.3 is 5.32 Å². The second kappa shape index (κ2) is 7.94. The molecule has 1 fully saturated rings. The SMILES string of the molecule is C[C@H]1CCCC[C@H]1NC(=O)NC(=O)CSc1ncnc2ccsc12. The lowest BCUT2D eigenvalue weighted by Crippen LogP contribution is -2.48. The zero-order valence-electron chi connectivity index (χ0n) is 13.4. The number of thiophene rings is 1. The first-order chi connectivity index (χ1) is 11.6. The molecule has 2 heterocycles. The number of nitrogens with one attached hydrogen (secondary N) is 2. The van der Waals surface area contributed by atoms with Crippen molar-refractivity contribution < 1.29 is 9.59 Å². The number of carbonyl (C=O) groups excluding carboxylic acids is 2. The van der Waals surface area contributed by atoms with Gasteiger partial charge in [0.15, 0.2) is 0 Å². The van der Waals surface area contributed by atoms with Crippen LogP contribution < -0.4 is 10.6 Å². The van der Waals surface area contributed by atoms with E-state index in [9.17, 15) is 9.59 Å². The molecular formula is C16H20N4O2S2. The van der Waals surface area contributed by atoms with Crippen LogP contribution >= 0.6 is 23.1 Å². The van der Waals surface area contributed by atoms with Crippen molar-refractivity contribution in [3.63, 3.8) is 0 Å². The molecule has 0 bridgehead atoms. The van der Waals surface area contributed by atoms with Crippen LogP contribution in [0.15, 0.2) is 22.8 Å². The fourth-order valence-electron chi connectivity index (χ4n) is 2.90. The third-order valence-electron chi connectivity index (χ3n) is 4.23. The Kier molecular flexibility index (Phi) is 5.68. The maximum atomic E-state index is 12.0. The van der Waals surface area contributed by atoms with E-state index >= 15 is 0 Å². The van der Waals surface area contributed by atoms with Crippen LogP contribution in [-0.2, 0) is 4.79 Å². The molecule has 8 heteroatoms. The fourth-order valence-corrected chi connectivity index (χ4v) is 4.65. The maximum absolute atomic E-state index is 12.0. The summed E-state index contributed by atoms with van der Waals surface area (Å²) in [6, 6.07) is 1.68. The molecule has 3 rings (SSSR count). The van der Waals surface area contributed by atoms with E-state index in [2.05, 4.69) is 27.5 Å². The summed E-state index contributed by atoms with van der Waals surface area (Å²) in [4.78, 5) is 32.4. The molecule has 0 radical (unpaired) electrons. The van der Waals surface area contributed by atoms with Gasteiger partial charge in [0, 0.05) is 6.04 Å². The van der Waals surface area contributed by atoms with E-state index in [-0.39, 0.29) is 17.7 Å². The number of carbonyl (C=O) groups is 2. The van der Waals surface area contributed by atoms with Crippen molar-refractivity contribution in [1.82, 2.24) is 20.6 Å². The highest BCUT2D eigenvalue weighted by molar-refractivity contribution is 8.00. The number of hydrogen-bond donors (Lipinski definition) is 2. The van der Waals surface area contributed by atoms with E-state index < -0.39 is 6.03 Å². The average molecular weight is 364 g/mol. The normalized spacial score (nSPS) is 20.7. The third kappa shape index (κ3) is 4.24. The highest BCUT2D eigenvalue weighted by Gasteiger charge is 2.23. The molecule has 2 atom stereocenters. The number of hydrogen-bond acceptors (Lipinski definition) is 6. The Labute approximate surface area is 148 Å². The summed E-state index contributed by atoms with van der Waals surface area (Å²) in [5, 5.41) is 8.05. The van der Waals surface area contributed by atoms with Gasteiger partial charge in [0.25, 0.3) is 0 Å². The number of imide groups is 1. The minimum absolute atomic E-state index is 0.150. The molecule has 0 unspecified atom stereocenters. The van der Waals surface area contributed by atoms with Crippen molar-refractivity contribution in [3.8, 4) is 0 Å². The van der Waals surface area contributed by atoms with E-state index in [1.54, 1.807) is 11.3 Å². The smallest absolute Gasteiger partial charge is 0.321 e. The van der Waals surface area contributed by atoms with Crippen LogP contribution in [0.1, 0.15) is 32.6 Å². The lowest BCUT2D eigenvalue weighted by molar-refractivity contribution is -0.117. The lowest BCUT2D eigenvalue weighted by atomic mass is 9.86. The Bertz CT molecular complexity index is 734. The molecule has 1 aliphatic carbocycles. The summed E-state index contributed by atoms with van der Waals surface area (Å²) in [5.74, 6) is 0.295. The number of aromatic nitrogens is 2. The van der Waals surface area contributed by atoms with Crippen molar-refractivity contribution in [2.75, 3.05) is 5.75 Å². The van der Waals surface area contributed by atoms with Crippen LogP contribution in [0.3, 0.4) is 0 Å². The first kappa shape index (κ1) is 17.2. The summed E-state index contributed by atoms with van der Waals surface area (Å²) < 4.78 is 0.968. The van der Waals surface area contributed by atoms with Gasteiger partial charge in [-0.25, -0.2) is 14.8 Å². The molecule has 0 aromatic carbocycles. The monoisotopic (exact) mass is 364 g/mol. The molecule has 24 heavy (non-hydrogen) atoms. The van der Waals surface area contributed by atoms with Gasteiger partial charge in [0.05, 0.1) is 16.0 Å². The maximum Gasteiger partial charge on any atom is 0.321 e. The number of fused-ring (bicyclic) bond motifs is 1. The van der Waals surface area contributed by atoms with E-state index in [1.807, 2.05) is 11.4 Å². The van der Waals surface area contributed by atoms with Gasteiger partial charge in [-0.05, 0) is 30.2 Å². The molecule has 2 aromatic rings. The lowest BCUT2D eigenvalue weighted by Gasteiger charge is -2.29. The minimum atomic E-state index is -0.400. The molecule has 2 aromatic heterocycles. The summed E-state index contributed by atoms with van der Waals surface area (Å²) in [6.07, 6.45) is 5.94. The summed E-state index contributed by atoms with van der Waals surface area (Å²) in [6.45, 7) is 2.14. The Morgan fingerprint density at radius 3 is 3.00 bits per heavy atom. The van der Waals surface area contributed by atoms with Crippen LogP contribution in [0.4, 0.5) is 4.79 Å². The van der Waals surface area contributed by atoms with E-state index in [4.69, 9.17) is 0 Å². The van der Waals surface area contributed by atoms with Crippen LogP contribution in [0.2, 0.25) is 0 Å². The first-order valence-electron chi connectivity index (χ1n) is 8.05. The number of thioether (sulfide) groups is 1. The third-order valence-corrected chi connectivity index (χ3v) is 6.26. The van der Waals surface area contributed by atoms with Crippen LogP contribution in [0, 0.1) is 5.92 Å². The zero-order valence-corrected chi connectivity index (χ0v) is 15.1. The van der Waals surface area contributed by atoms with Gasteiger partial charge in [-0.1, -0.05) is 31.5 Å². The minimum Gasteiger partial charge on any atom is -0.335 e. The van der Waals surface area contributed by atoms with Gasteiger partial charge in [-0.3, -0.25) is 10.1 Å². The van der Waals surface area contributed by atoms with Crippen LogP contribution in [0.5, 0.6) is 0 Å². The van der Waals surface area contributed by atoms with Gasteiger partial charge in [-0.15, -0.1) is 11.3 Å². The fraction of sp³-hybridized carbons (Fsp3) is 0.500. The van der Waals surface area contributed by atoms with Crippen molar-refractivity contribution in [1.29, 1.82) is 0 Å². The summed E-state index contributed by atoms with van der Waals surface area (Å²) in [7, 11) is 0. The molecule has 6 nitrogen and oxygen atoms in total. The summed E-state index contributed by atoms with van der Waals surface area (Å²) >= 11 is 2.86. The first-order valence-corrected chi connectivity index (χ1v) is 9.91. The second-order valence-electron chi connectivity index (χ2n) is 5.99. The average Bonchev–Trinajstić information content (AvgIpc) is 3.04. The zero-order chi connectivity index (χ0) is 16.9. The highest BCUT2D eigenvalue weighted by Crippen LogP contribution is 2.28. The van der Waals surface area contributed by atoms with E-state index in [0.29, 0.717) is 5.92 Å². The van der Waals surface area contributed by atoms with Gasteiger partial charge in [0.1, 0.15) is 11.4 Å². The molecular weight excluding hydrogens is 344 g/mol. The number of urea groups is 1. The Hall–Kier alpha value is -1.67. The Morgan fingerprint density at radius 1 is 1.33 bits per heavy atom. The standard InChI is InChI=1S/C16H20N4O2S2/c1-10-4-2-3-5-11(10)19-16(22)20-13(21)8-24-15-14-12(6-7-23-14)17-9-18-15/h6-7,9-11H,2-5,8H2,1H3,(H2,19,20,21,22)/t10-,11+/m0/s1. The molecule has 0 aliphatic heterocycles. The molecule has 2 N–H and O–H groups in total. The van der Waals surface area contributed by atoms with Gasteiger partial charge in [-0.2, -0.15) is 0 Å². The molecule has 0 saturated heterocycles. The largest absolute Gasteiger partial charge is 0.335 e. The molecule has 3 amide bonds. The highest BCUT2D eigenvalue weighted by atomic mass is 32.2. The predicted molar refractivity (Wildman–Crippen MR) is 96.2 cm³/mol. The van der Waals surface area contributed by atoms with Crippen molar-refractivity contribution in [3.05, 3.63) is 17.8 Å². The molecule has 1 saturated carbocycles.